The summed E-state index contributed by atoms with van der Waals surface area (Å²) in [5.41, 5.74) is 2.11. The minimum atomic E-state index is -4.86. The van der Waals surface area contributed by atoms with E-state index in [0.717, 1.165) is 25.5 Å². The van der Waals surface area contributed by atoms with Crippen molar-refractivity contribution in [2.75, 3.05) is 57.0 Å². The first kappa shape index (κ1) is 30.9. The number of ether oxygens (including phenoxy) is 1. The van der Waals surface area contributed by atoms with Gasteiger partial charge in [-0.05, 0) is 44.0 Å². The molecule has 0 radical (unpaired) electrons. The number of carbonyl (C=O) groups excluding carboxylic acids is 1. The molecule has 6 heterocycles. The molecule has 0 saturated carbocycles. The average Bonchev–Trinajstić information content (AvgIpc) is 3.47. The van der Waals surface area contributed by atoms with E-state index in [1.54, 1.807) is 16.8 Å². The van der Waals surface area contributed by atoms with Crippen LogP contribution in [-0.2, 0) is 11.0 Å². The van der Waals surface area contributed by atoms with Gasteiger partial charge >= 0.3 is 12.2 Å². The normalized spacial score (nSPS) is 22.0. The summed E-state index contributed by atoms with van der Waals surface area (Å²) in [7, 11) is 1.72. The molecule has 3 aromatic heterocycles. The number of rotatable bonds is 8. The van der Waals surface area contributed by atoms with E-state index >= 15 is 4.39 Å². The van der Waals surface area contributed by atoms with Crippen LogP contribution < -0.4 is 15.4 Å². The largest absolute Gasteiger partial charge is 0.461 e. The molecular formula is C30H33F5N8O2. The Morgan fingerprint density at radius 2 is 2.00 bits per heavy atom. The molecule has 15 heteroatoms. The third-order valence-corrected chi connectivity index (χ3v) is 8.96. The van der Waals surface area contributed by atoms with Crippen LogP contribution in [-0.4, -0.2) is 93.7 Å². The zero-order chi connectivity index (χ0) is 32.3. The molecule has 3 aromatic rings. The summed E-state index contributed by atoms with van der Waals surface area (Å²) in [6.45, 7) is 7.22. The first-order chi connectivity index (χ1) is 21.3. The fourth-order valence-corrected chi connectivity index (χ4v) is 6.89. The van der Waals surface area contributed by atoms with E-state index in [1.165, 1.54) is 19.2 Å². The number of amides is 1. The lowest BCUT2D eigenvalue weighted by atomic mass is 9.95. The topological polar surface area (TPSA) is 114 Å². The van der Waals surface area contributed by atoms with Crippen molar-refractivity contribution in [3.05, 3.63) is 41.9 Å². The van der Waals surface area contributed by atoms with Gasteiger partial charge in [0.1, 0.15) is 41.3 Å². The average molecular weight is 633 g/mol. The lowest BCUT2D eigenvalue weighted by Crippen LogP contribution is -2.53. The maximum Gasteiger partial charge on any atom is 0.418 e. The predicted molar refractivity (Wildman–Crippen MR) is 157 cm³/mol. The van der Waals surface area contributed by atoms with E-state index in [2.05, 4.69) is 26.5 Å². The highest BCUT2D eigenvalue weighted by molar-refractivity contribution is 5.92. The van der Waals surface area contributed by atoms with Gasteiger partial charge in [0.25, 0.3) is 0 Å². The molecule has 45 heavy (non-hydrogen) atoms. The second kappa shape index (κ2) is 11.3. The number of nitrogen functional groups attached to an aromatic ring is 1. The smallest absolute Gasteiger partial charge is 0.418 e. The molecule has 2 atom stereocenters. The molecule has 3 fully saturated rings. The minimum Gasteiger partial charge on any atom is -0.461 e. The predicted octanol–water partition coefficient (Wildman–Crippen LogP) is 4.17. The van der Waals surface area contributed by atoms with E-state index in [0.29, 0.717) is 26.2 Å². The monoisotopic (exact) mass is 632 g/mol. The molecule has 3 aliphatic heterocycles. The Balaban J connectivity index is 1.41. The fraction of sp³-hybridized carbons (Fsp3) is 0.500. The van der Waals surface area contributed by atoms with Crippen LogP contribution in [0.5, 0.6) is 6.01 Å². The third-order valence-electron chi connectivity index (χ3n) is 8.96. The molecule has 0 bridgehead atoms. The zero-order valence-electron chi connectivity index (χ0n) is 24.9. The van der Waals surface area contributed by atoms with Gasteiger partial charge in [-0.15, -0.1) is 0 Å². The molecule has 3 saturated heterocycles. The summed E-state index contributed by atoms with van der Waals surface area (Å²) in [5, 5.41) is 0.143. The minimum absolute atomic E-state index is 0.0665. The number of aryl methyl sites for hydroxylation is 1. The van der Waals surface area contributed by atoms with Gasteiger partial charge in [0, 0.05) is 51.8 Å². The number of anilines is 2. The number of nitrogens with two attached hydrogens (primary N) is 1. The maximum absolute atomic E-state index is 16.3. The fourth-order valence-electron chi connectivity index (χ4n) is 6.89. The second-order valence-corrected chi connectivity index (χ2v) is 12.2. The van der Waals surface area contributed by atoms with Crippen molar-refractivity contribution < 1.29 is 31.5 Å². The number of carbonyl (C=O) groups is 1. The number of alkyl halides is 4. The van der Waals surface area contributed by atoms with Gasteiger partial charge in [-0.3, -0.25) is 14.7 Å². The van der Waals surface area contributed by atoms with Crippen LogP contribution in [0.3, 0.4) is 0 Å². The summed E-state index contributed by atoms with van der Waals surface area (Å²) in [5.74, 6) is -1.23. The number of fused-ring (bicyclic) bond motifs is 2. The van der Waals surface area contributed by atoms with Crippen LogP contribution in [0.4, 0.5) is 33.6 Å². The lowest BCUT2D eigenvalue weighted by molar-refractivity contribution is -0.137. The molecule has 6 rings (SSSR count). The standard InChI is InChI=1S/C30H33F5N8O2/c1-4-21(44)42-12-17(13-42)11-41(3)27-19-10-37-26(25-22(30(33,34)35)16(2)8-20(36)38-25)23(32)24(19)39-28(40-27)45-15-29-6-5-7-43(29)14-18(31)9-29/h4,8,10,17-18H,1,5-7,9,11-15H2,2-3H3,(H2,36,38)/t18-,29+/m1/s1. The first-order valence-electron chi connectivity index (χ1n) is 14.6. The van der Waals surface area contributed by atoms with Gasteiger partial charge in [0.05, 0.1) is 16.5 Å². The van der Waals surface area contributed by atoms with Crippen molar-refractivity contribution in [2.45, 2.75) is 44.1 Å². The van der Waals surface area contributed by atoms with Gasteiger partial charge in [0.2, 0.25) is 5.91 Å². The van der Waals surface area contributed by atoms with E-state index in [-0.39, 0.29) is 59.0 Å². The van der Waals surface area contributed by atoms with Gasteiger partial charge in [-0.25, -0.2) is 13.8 Å². The lowest BCUT2D eigenvalue weighted by Gasteiger charge is -2.40. The molecule has 10 nitrogen and oxygen atoms in total. The van der Waals surface area contributed by atoms with Crippen LogP contribution >= 0.6 is 0 Å². The second-order valence-electron chi connectivity index (χ2n) is 12.2. The molecule has 0 spiro atoms. The Bertz CT molecular complexity index is 1660. The summed E-state index contributed by atoms with van der Waals surface area (Å²) < 4.78 is 79.1. The van der Waals surface area contributed by atoms with Gasteiger partial charge in [-0.1, -0.05) is 6.58 Å². The molecule has 0 unspecified atom stereocenters. The Hall–Kier alpha value is -4.14. The van der Waals surface area contributed by atoms with Gasteiger partial charge < -0.3 is 20.3 Å². The molecule has 0 aromatic carbocycles. The van der Waals surface area contributed by atoms with Crippen molar-refractivity contribution in [1.82, 2.24) is 29.7 Å². The summed E-state index contributed by atoms with van der Waals surface area (Å²) in [6.07, 6.45) is -1.51. The Kier molecular flexibility index (Phi) is 7.78. The van der Waals surface area contributed by atoms with E-state index in [9.17, 15) is 22.4 Å². The van der Waals surface area contributed by atoms with Crippen LogP contribution in [0.2, 0.25) is 0 Å². The Labute approximate surface area is 256 Å². The van der Waals surface area contributed by atoms with E-state index < -0.39 is 40.7 Å². The summed E-state index contributed by atoms with van der Waals surface area (Å²) in [4.78, 5) is 34.1. The Morgan fingerprint density at radius 3 is 2.71 bits per heavy atom. The number of aromatic nitrogens is 4. The summed E-state index contributed by atoms with van der Waals surface area (Å²) >= 11 is 0. The first-order valence-corrected chi connectivity index (χ1v) is 14.6. The number of nitrogens with zero attached hydrogens (tertiary/aromatic N) is 7. The molecule has 2 N–H and O–H groups in total. The van der Waals surface area contributed by atoms with Crippen LogP contribution in [0.1, 0.15) is 30.4 Å². The van der Waals surface area contributed by atoms with Crippen molar-refractivity contribution in [1.29, 1.82) is 0 Å². The molecule has 3 aliphatic rings. The number of likely N-dealkylation sites (tertiary alicyclic amines) is 1. The highest BCUT2D eigenvalue weighted by Crippen LogP contribution is 2.42. The van der Waals surface area contributed by atoms with Gasteiger partial charge in [0.15, 0.2) is 5.82 Å². The highest BCUT2D eigenvalue weighted by Gasteiger charge is 2.49. The SMILES string of the molecule is C=CC(=O)N1CC(CN(C)c2nc(OC[C@@]34CCCN3C[C@H](F)C4)nc3c(F)c(-c4nc(N)cc(C)c4C(F)(F)F)ncc23)C1. The number of hydrogen-bond donors (Lipinski definition) is 1. The van der Waals surface area contributed by atoms with Crippen molar-refractivity contribution in [2.24, 2.45) is 5.92 Å². The number of halogens is 5. The van der Waals surface area contributed by atoms with Crippen molar-refractivity contribution >= 4 is 28.4 Å². The van der Waals surface area contributed by atoms with Crippen LogP contribution in [0.25, 0.3) is 22.3 Å². The maximum atomic E-state index is 16.3. The Morgan fingerprint density at radius 1 is 1.24 bits per heavy atom. The number of pyridine rings is 2. The summed E-state index contributed by atoms with van der Waals surface area (Å²) in [6, 6.07) is 0.863. The van der Waals surface area contributed by atoms with Crippen molar-refractivity contribution in [3.8, 4) is 17.4 Å². The molecule has 1 amide bonds. The van der Waals surface area contributed by atoms with Crippen LogP contribution in [0, 0.1) is 18.7 Å². The molecular weight excluding hydrogens is 599 g/mol. The molecule has 240 valence electrons. The number of hydrogen-bond acceptors (Lipinski definition) is 9. The molecule has 0 aliphatic carbocycles. The van der Waals surface area contributed by atoms with E-state index in [4.69, 9.17) is 10.5 Å². The highest BCUT2D eigenvalue weighted by atomic mass is 19.4. The van der Waals surface area contributed by atoms with Crippen molar-refractivity contribution in [3.63, 3.8) is 0 Å². The van der Waals surface area contributed by atoms with Gasteiger partial charge in [-0.2, -0.15) is 23.1 Å². The van der Waals surface area contributed by atoms with Crippen LogP contribution in [0.15, 0.2) is 24.9 Å². The third kappa shape index (κ3) is 5.62. The zero-order valence-corrected chi connectivity index (χ0v) is 24.9. The van der Waals surface area contributed by atoms with E-state index in [1.807, 2.05) is 4.90 Å². The quantitative estimate of drug-likeness (QED) is 0.289.